The van der Waals surface area contributed by atoms with E-state index >= 15 is 0 Å². The second kappa shape index (κ2) is 13.8. The molecule has 1 heterocycles. The Hall–Kier alpha value is -3.96. The van der Waals surface area contributed by atoms with E-state index in [4.69, 9.17) is 5.73 Å². The number of Topliss-reactive ketones (excluding diaryl/α,β-unsaturated/α-hetero) is 1. The number of nitrogens with one attached hydrogen (secondary N) is 2. The molecule has 3 aromatic carbocycles. The quantitative estimate of drug-likeness (QED) is 0.187. The highest BCUT2D eigenvalue weighted by Gasteiger charge is 2.41. The summed E-state index contributed by atoms with van der Waals surface area (Å²) in [6, 6.07) is 21.6. The molecule has 0 aliphatic carbocycles. The second-order valence-electron chi connectivity index (χ2n) is 10.3. The van der Waals surface area contributed by atoms with Crippen molar-refractivity contribution in [3.05, 3.63) is 108 Å². The number of rotatable bonds is 13. The maximum Gasteiger partial charge on any atom is 0.250 e. The van der Waals surface area contributed by atoms with E-state index in [-0.39, 0.29) is 11.4 Å². The molecular weight excluding hydrogens is 552 g/mol. The molecule has 1 aromatic heterocycles. The number of carbonyl (C=O) groups excluding carboxylic acids is 2. The molecule has 0 aliphatic rings. The van der Waals surface area contributed by atoms with Gasteiger partial charge in [-0.25, -0.2) is 13.1 Å². The first-order valence-electron chi connectivity index (χ1n) is 13.8. The van der Waals surface area contributed by atoms with Crippen LogP contribution in [0.25, 0.3) is 10.8 Å². The third-order valence-corrected chi connectivity index (χ3v) is 9.04. The third-order valence-electron chi connectivity index (χ3n) is 7.54. The standard InChI is InChI=1S/C32H36N4O5S/c1-3-21(2)29(36-42(40,41)26-15-9-13-23-10-7-8-14-25(23)26)30(37)27(24-11-5-4-6-12-24)28(33)31(38)32(39)35-20-22-16-18-34-19-17-22/h4-19,21,27-29,31,36,38H,3,20,33H2,1-2H3,(H,35,39)/t21-,27?,28-,29-,31+/m0/s1. The van der Waals surface area contributed by atoms with Gasteiger partial charge in [0.25, 0.3) is 5.91 Å². The van der Waals surface area contributed by atoms with Crippen LogP contribution in [0.5, 0.6) is 0 Å². The number of nitrogens with two attached hydrogens (primary N) is 1. The van der Waals surface area contributed by atoms with Crippen molar-refractivity contribution in [2.75, 3.05) is 0 Å². The fourth-order valence-electron chi connectivity index (χ4n) is 4.93. The number of hydrogen-bond acceptors (Lipinski definition) is 7. The van der Waals surface area contributed by atoms with Crippen LogP contribution < -0.4 is 15.8 Å². The lowest BCUT2D eigenvalue weighted by atomic mass is 9.79. The van der Waals surface area contributed by atoms with Crippen molar-refractivity contribution in [3.63, 3.8) is 0 Å². The molecule has 4 aromatic rings. The maximum atomic E-state index is 14.3. The van der Waals surface area contributed by atoms with Crippen molar-refractivity contribution < 1.29 is 23.1 Å². The van der Waals surface area contributed by atoms with Gasteiger partial charge >= 0.3 is 0 Å². The number of benzene rings is 3. The minimum Gasteiger partial charge on any atom is -0.382 e. The molecular formula is C32H36N4O5S. The Labute approximate surface area is 246 Å². The van der Waals surface area contributed by atoms with Gasteiger partial charge in [-0.05, 0) is 40.6 Å². The number of sulfonamides is 1. The minimum atomic E-state index is -4.16. The molecule has 0 bridgehead atoms. The van der Waals surface area contributed by atoms with E-state index in [1.54, 1.807) is 80.0 Å². The van der Waals surface area contributed by atoms with E-state index in [9.17, 15) is 23.1 Å². The molecule has 1 unspecified atom stereocenters. The van der Waals surface area contributed by atoms with Crippen molar-refractivity contribution in [1.29, 1.82) is 0 Å². The summed E-state index contributed by atoms with van der Waals surface area (Å²) in [4.78, 5) is 31.2. The Kier molecular flexibility index (Phi) is 10.2. The van der Waals surface area contributed by atoms with Gasteiger partial charge in [-0.2, -0.15) is 0 Å². The summed E-state index contributed by atoms with van der Waals surface area (Å²) >= 11 is 0. The van der Waals surface area contributed by atoms with Gasteiger partial charge in [-0.15, -0.1) is 0 Å². The van der Waals surface area contributed by atoms with Crippen LogP contribution in [-0.4, -0.2) is 48.4 Å². The molecule has 5 N–H and O–H groups in total. The molecule has 0 saturated carbocycles. The molecule has 1 amide bonds. The predicted molar refractivity (Wildman–Crippen MR) is 162 cm³/mol. The summed E-state index contributed by atoms with van der Waals surface area (Å²) in [5.41, 5.74) is 7.71. The molecule has 0 saturated heterocycles. The first kappa shape index (κ1) is 31.0. The van der Waals surface area contributed by atoms with Crippen LogP contribution in [-0.2, 0) is 26.2 Å². The number of fused-ring (bicyclic) bond motifs is 1. The molecule has 9 nitrogen and oxygen atoms in total. The summed E-state index contributed by atoms with van der Waals surface area (Å²) in [6.07, 6.45) is 1.91. The number of pyridine rings is 1. The van der Waals surface area contributed by atoms with E-state index < -0.39 is 51.7 Å². The molecule has 5 atom stereocenters. The van der Waals surface area contributed by atoms with E-state index in [0.717, 1.165) is 10.9 Å². The summed E-state index contributed by atoms with van der Waals surface area (Å²) < 4.78 is 30.2. The molecule has 4 rings (SSSR count). The summed E-state index contributed by atoms with van der Waals surface area (Å²) in [5, 5.41) is 14.9. The highest BCUT2D eigenvalue weighted by molar-refractivity contribution is 7.89. The zero-order valence-electron chi connectivity index (χ0n) is 23.6. The molecule has 42 heavy (non-hydrogen) atoms. The highest BCUT2D eigenvalue weighted by atomic mass is 32.2. The van der Waals surface area contributed by atoms with Gasteiger partial charge in [0.05, 0.1) is 22.9 Å². The lowest BCUT2D eigenvalue weighted by molar-refractivity contribution is -0.132. The first-order chi connectivity index (χ1) is 20.1. The van der Waals surface area contributed by atoms with Crippen LogP contribution in [0, 0.1) is 5.92 Å². The number of hydrogen-bond donors (Lipinski definition) is 4. The summed E-state index contributed by atoms with van der Waals surface area (Å²) in [6.45, 7) is 3.77. The Balaban J connectivity index is 1.65. The smallest absolute Gasteiger partial charge is 0.250 e. The van der Waals surface area contributed by atoms with Gasteiger partial charge in [0, 0.05) is 24.3 Å². The first-order valence-corrected chi connectivity index (χ1v) is 15.3. The van der Waals surface area contributed by atoms with Crippen LogP contribution in [0.1, 0.15) is 37.3 Å². The number of aliphatic hydroxyl groups excluding tert-OH is 1. The Morgan fingerprint density at radius 3 is 2.26 bits per heavy atom. The average Bonchev–Trinajstić information content (AvgIpc) is 3.02. The Bertz CT molecular complexity index is 1610. The third kappa shape index (κ3) is 7.08. The van der Waals surface area contributed by atoms with Crippen molar-refractivity contribution in [2.24, 2.45) is 11.7 Å². The van der Waals surface area contributed by atoms with Crippen LogP contribution in [0.3, 0.4) is 0 Å². The molecule has 0 radical (unpaired) electrons. The van der Waals surface area contributed by atoms with Crippen LogP contribution in [0.15, 0.2) is 102 Å². The predicted octanol–water partition coefficient (Wildman–Crippen LogP) is 3.29. The van der Waals surface area contributed by atoms with Gasteiger partial charge in [0.1, 0.15) is 6.10 Å². The van der Waals surface area contributed by atoms with Crippen LogP contribution in [0.4, 0.5) is 0 Å². The van der Waals surface area contributed by atoms with Crippen molar-refractivity contribution in [3.8, 4) is 0 Å². The van der Waals surface area contributed by atoms with Crippen molar-refractivity contribution in [1.82, 2.24) is 15.0 Å². The number of aromatic nitrogens is 1. The van der Waals surface area contributed by atoms with Crippen molar-refractivity contribution in [2.45, 2.75) is 55.8 Å². The van der Waals surface area contributed by atoms with E-state index in [2.05, 4.69) is 15.0 Å². The fraction of sp³-hybridized carbons (Fsp3) is 0.281. The van der Waals surface area contributed by atoms with E-state index in [1.165, 1.54) is 6.07 Å². The lowest BCUT2D eigenvalue weighted by Crippen LogP contribution is -2.55. The zero-order valence-corrected chi connectivity index (χ0v) is 24.4. The molecule has 220 valence electrons. The van der Waals surface area contributed by atoms with Crippen LogP contribution in [0.2, 0.25) is 0 Å². The van der Waals surface area contributed by atoms with Gasteiger partial charge in [0.15, 0.2) is 5.78 Å². The van der Waals surface area contributed by atoms with E-state index in [0.29, 0.717) is 17.4 Å². The maximum absolute atomic E-state index is 14.3. The summed E-state index contributed by atoms with van der Waals surface area (Å²) in [7, 11) is -4.16. The number of aliphatic hydroxyl groups is 1. The van der Waals surface area contributed by atoms with Crippen LogP contribution >= 0.6 is 0 Å². The van der Waals surface area contributed by atoms with Gasteiger partial charge in [-0.3, -0.25) is 14.6 Å². The number of amides is 1. The Morgan fingerprint density at radius 1 is 0.929 bits per heavy atom. The van der Waals surface area contributed by atoms with Gasteiger partial charge < -0.3 is 16.2 Å². The fourth-order valence-corrected chi connectivity index (χ4v) is 6.48. The lowest BCUT2D eigenvalue weighted by Gasteiger charge is -2.32. The van der Waals surface area contributed by atoms with Gasteiger partial charge in [0.2, 0.25) is 10.0 Å². The molecule has 0 spiro atoms. The molecule has 0 aliphatic heterocycles. The van der Waals surface area contributed by atoms with Crippen molar-refractivity contribution >= 4 is 32.5 Å². The number of nitrogens with zero attached hydrogens (tertiary/aromatic N) is 1. The SMILES string of the molecule is CC[C@H](C)[C@H](NS(=O)(=O)c1cccc2ccccc12)C(=O)C(c1ccccc1)[C@H](N)[C@@H](O)C(=O)NCc1ccncc1. The van der Waals surface area contributed by atoms with Gasteiger partial charge in [-0.1, -0.05) is 87.0 Å². The normalized spacial score (nSPS) is 15.3. The second-order valence-corrected chi connectivity index (χ2v) is 12.0. The Morgan fingerprint density at radius 2 is 1.57 bits per heavy atom. The average molecular weight is 589 g/mol. The monoisotopic (exact) mass is 588 g/mol. The minimum absolute atomic E-state index is 0.0535. The largest absolute Gasteiger partial charge is 0.382 e. The number of ketones is 1. The van der Waals surface area contributed by atoms with E-state index in [1.807, 2.05) is 25.1 Å². The highest BCUT2D eigenvalue weighted by Crippen LogP contribution is 2.29. The zero-order chi connectivity index (χ0) is 30.3. The topological polar surface area (TPSA) is 151 Å². The summed E-state index contributed by atoms with van der Waals surface area (Å²) in [5.74, 6) is -2.88. The molecule has 0 fully saturated rings. The number of carbonyl (C=O) groups is 2. The molecule has 10 heteroatoms.